The summed E-state index contributed by atoms with van der Waals surface area (Å²) >= 11 is 1.70. The smallest absolute Gasteiger partial charge is 0.126 e. The summed E-state index contributed by atoms with van der Waals surface area (Å²) in [7, 11) is 0. The van der Waals surface area contributed by atoms with Gasteiger partial charge in [0.05, 0.1) is 39.9 Å². The summed E-state index contributed by atoms with van der Waals surface area (Å²) in [6.07, 6.45) is 4.31. The average Bonchev–Trinajstić information content (AvgIpc) is 3.54. The molecule has 1 aliphatic rings. The standard InChI is InChI=1S/C27H32N6O2S/c1-26(2,34)11-17-7-16(14-33-5-6-35-27(3,4)15-33)8-20-19(17)9-21(30-20)24-25-22(31-32-24)10-23(36-25)18-12-28-29-13-18/h7-10,12-13,30,34H,5-6,11,14-15H2,1-4H3,(H,28,29)(H,31,32). The molecule has 5 heterocycles. The number of aromatic nitrogens is 5. The van der Waals surface area contributed by atoms with Crippen LogP contribution in [0.4, 0.5) is 0 Å². The van der Waals surface area contributed by atoms with Gasteiger partial charge in [0.25, 0.3) is 0 Å². The molecule has 0 bridgehead atoms. The molecular formula is C27H32N6O2S. The molecule has 0 aliphatic carbocycles. The van der Waals surface area contributed by atoms with Gasteiger partial charge < -0.3 is 14.8 Å². The molecule has 9 heteroatoms. The number of fused-ring (bicyclic) bond motifs is 2. The van der Waals surface area contributed by atoms with Crippen molar-refractivity contribution in [2.75, 3.05) is 19.7 Å². The Balaban J connectivity index is 1.40. The largest absolute Gasteiger partial charge is 0.390 e. The van der Waals surface area contributed by atoms with Crippen LogP contribution in [0.2, 0.25) is 0 Å². The lowest BCUT2D eigenvalue weighted by atomic mass is 9.94. The molecule has 8 nitrogen and oxygen atoms in total. The zero-order valence-electron chi connectivity index (χ0n) is 21.1. The van der Waals surface area contributed by atoms with Gasteiger partial charge >= 0.3 is 0 Å². The van der Waals surface area contributed by atoms with Gasteiger partial charge in [-0.1, -0.05) is 6.07 Å². The molecule has 188 valence electrons. The molecule has 0 unspecified atom stereocenters. The molecule has 4 N–H and O–H groups in total. The van der Waals surface area contributed by atoms with Gasteiger partial charge in [0.1, 0.15) is 5.69 Å². The quantitative estimate of drug-likeness (QED) is 0.258. The lowest BCUT2D eigenvalue weighted by Crippen LogP contribution is -2.47. The molecule has 1 aromatic carbocycles. The van der Waals surface area contributed by atoms with Gasteiger partial charge in [0.15, 0.2) is 0 Å². The number of H-pyrrole nitrogens is 3. The highest BCUT2D eigenvalue weighted by Crippen LogP contribution is 2.39. The fourth-order valence-corrected chi connectivity index (χ4v) is 6.34. The Kier molecular flexibility index (Phi) is 5.56. The van der Waals surface area contributed by atoms with Crippen molar-refractivity contribution in [2.45, 2.75) is 51.9 Å². The number of aromatic amines is 3. The summed E-state index contributed by atoms with van der Waals surface area (Å²) in [5, 5.41) is 26.6. The normalized spacial score (nSPS) is 16.9. The highest BCUT2D eigenvalue weighted by Gasteiger charge is 2.27. The molecule has 0 radical (unpaired) electrons. The maximum absolute atomic E-state index is 10.7. The first-order valence-corrected chi connectivity index (χ1v) is 13.2. The van der Waals surface area contributed by atoms with Gasteiger partial charge in [0, 0.05) is 53.6 Å². The highest BCUT2D eigenvalue weighted by atomic mass is 32.1. The summed E-state index contributed by atoms with van der Waals surface area (Å²) in [4.78, 5) is 7.22. The van der Waals surface area contributed by atoms with Crippen LogP contribution in [-0.4, -0.2) is 66.3 Å². The van der Waals surface area contributed by atoms with Gasteiger partial charge in [-0.25, -0.2) is 0 Å². The van der Waals surface area contributed by atoms with Crippen LogP contribution >= 0.6 is 11.3 Å². The topological polar surface area (TPSA) is 106 Å². The third-order valence-corrected chi connectivity index (χ3v) is 7.88. The van der Waals surface area contributed by atoms with Gasteiger partial charge in [-0.15, -0.1) is 11.3 Å². The van der Waals surface area contributed by atoms with E-state index in [1.165, 1.54) is 5.56 Å². The summed E-state index contributed by atoms with van der Waals surface area (Å²) in [5.41, 5.74) is 6.45. The molecule has 0 amide bonds. The molecule has 36 heavy (non-hydrogen) atoms. The summed E-state index contributed by atoms with van der Waals surface area (Å²) in [5.74, 6) is 0. The van der Waals surface area contributed by atoms with Crippen molar-refractivity contribution >= 4 is 32.5 Å². The van der Waals surface area contributed by atoms with Gasteiger partial charge in [0.2, 0.25) is 0 Å². The van der Waals surface area contributed by atoms with Crippen LogP contribution in [0.5, 0.6) is 0 Å². The van der Waals surface area contributed by atoms with Crippen molar-refractivity contribution in [2.24, 2.45) is 0 Å². The number of hydrogen-bond donors (Lipinski definition) is 4. The maximum Gasteiger partial charge on any atom is 0.126 e. The molecular weight excluding hydrogens is 472 g/mol. The SMILES string of the molecule is CC(C)(O)Cc1cc(CN2CCOC(C)(C)C2)cc2[nH]c(-c3n[nH]c4cc(-c5cn[nH]c5)sc34)cc12. The lowest BCUT2D eigenvalue weighted by Gasteiger charge is -2.38. The predicted octanol–water partition coefficient (Wildman–Crippen LogP) is 5.09. The predicted molar refractivity (Wildman–Crippen MR) is 144 cm³/mol. The average molecular weight is 505 g/mol. The van der Waals surface area contributed by atoms with Crippen molar-refractivity contribution in [3.8, 4) is 21.8 Å². The van der Waals surface area contributed by atoms with Crippen molar-refractivity contribution in [1.29, 1.82) is 0 Å². The first kappa shape index (κ1) is 23.4. The van der Waals surface area contributed by atoms with E-state index in [9.17, 15) is 5.11 Å². The van der Waals surface area contributed by atoms with E-state index in [1.54, 1.807) is 11.3 Å². The second kappa shape index (κ2) is 8.55. The van der Waals surface area contributed by atoms with Crippen molar-refractivity contribution < 1.29 is 9.84 Å². The Morgan fingerprint density at radius 2 is 2.06 bits per heavy atom. The summed E-state index contributed by atoms with van der Waals surface area (Å²) in [6, 6.07) is 8.78. The number of nitrogens with one attached hydrogen (secondary N) is 3. The number of aliphatic hydroxyl groups is 1. The fraction of sp³-hybridized carbons (Fsp3) is 0.407. The monoisotopic (exact) mass is 504 g/mol. The van der Waals surface area contributed by atoms with Crippen molar-refractivity contribution in [1.82, 2.24) is 30.3 Å². The number of nitrogens with zero attached hydrogens (tertiary/aromatic N) is 3. The molecule has 0 atom stereocenters. The maximum atomic E-state index is 10.7. The lowest BCUT2D eigenvalue weighted by molar-refractivity contribution is -0.0882. The van der Waals surface area contributed by atoms with Crippen molar-refractivity contribution in [3.05, 3.63) is 47.8 Å². The molecule has 0 spiro atoms. The van der Waals surface area contributed by atoms with Crippen LogP contribution in [-0.2, 0) is 17.7 Å². The Morgan fingerprint density at radius 3 is 2.81 bits per heavy atom. The van der Waals surface area contributed by atoms with Crippen molar-refractivity contribution in [3.63, 3.8) is 0 Å². The second-order valence-electron chi connectivity index (χ2n) is 11.1. The second-order valence-corrected chi connectivity index (χ2v) is 12.2. The van der Waals surface area contributed by atoms with Crippen LogP contribution in [0.3, 0.4) is 0 Å². The molecule has 1 saturated heterocycles. The van der Waals surface area contributed by atoms with Crippen LogP contribution in [0, 0.1) is 0 Å². The molecule has 1 aliphatic heterocycles. The van der Waals surface area contributed by atoms with Crippen LogP contribution in [0.25, 0.3) is 42.9 Å². The fourth-order valence-electron chi connectivity index (χ4n) is 5.24. The number of morpholine rings is 1. The first-order valence-electron chi connectivity index (χ1n) is 12.3. The first-order chi connectivity index (χ1) is 17.1. The van der Waals surface area contributed by atoms with E-state index in [1.807, 2.05) is 26.2 Å². The minimum Gasteiger partial charge on any atom is -0.390 e. The van der Waals surface area contributed by atoms with E-state index in [-0.39, 0.29) is 5.60 Å². The van der Waals surface area contributed by atoms with Gasteiger partial charge in [-0.2, -0.15) is 10.2 Å². The van der Waals surface area contributed by atoms with Crippen LogP contribution < -0.4 is 0 Å². The molecule has 1 fully saturated rings. The van der Waals surface area contributed by atoms with E-state index >= 15 is 0 Å². The van der Waals surface area contributed by atoms with E-state index in [2.05, 4.69) is 68.4 Å². The van der Waals surface area contributed by atoms with E-state index in [4.69, 9.17) is 4.74 Å². The number of hydrogen-bond acceptors (Lipinski definition) is 6. The summed E-state index contributed by atoms with van der Waals surface area (Å²) < 4.78 is 7.01. The van der Waals surface area contributed by atoms with E-state index < -0.39 is 5.60 Å². The zero-order chi connectivity index (χ0) is 25.1. The number of benzene rings is 1. The van der Waals surface area contributed by atoms with E-state index in [0.717, 1.165) is 74.8 Å². The Bertz CT molecular complexity index is 1520. The molecule has 5 aromatic rings. The van der Waals surface area contributed by atoms with Crippen LogP contribution in [0.1, 0.15) is 38.8 Å². The van der Waals surface area contributed by atoms with Gasteiger partial charge in [-0.3, -0.25) is 15.1 Å². The third kappa shape index (κ3) is 4.59. The Hall–Kier alpha value is -2.98. The zero-order valence-corrected chi connectivity index (χ0v) is 21.9. The Labute approximate surface area is 213 Å². The van der Waals surface area contributed by atoms with E-state index in [0.29, 0.717) is 6.42 Å². The minimum absolute atomic E-state index is 0.140. The van der Waals surface area contributed by atoms with Crippen LogP contribution in [0.15, 0.2) is 36.7 Å². The Morgan fingerprint density at radius 1 is 1.19 bits per heavy atom. The summed E-state index contributed by atoms with van der Waals surface area (Å²) in [6.45, 7) is 11.4. The number of ether oxygens (including phenoxy) is 1. The third-order valence-electron chi connectivity index (χ3n) is 6.69. The highest BCUT2D eigenvalue weighted by molar-refractivity contribution is 7.22. The molecule has 6 rings (SSSR count). The molecule has 0 saturated carbocycles. The number of rotatable bonds is 6. The minimum atomic E-state index is -0.809. The van der Waals surface area contributed by atoms with Gasteiger partial charge in [-0.05, 0) is 57.0 Å². The number of thiophene rings is 1. The molecule has 4 aromatic heterocycles.